The number of Topliss-reactive ketones (excluding diaryl/α,β-unsaturated/α-hetero) is 1. The minimum Gasteiger partial charge on any atom is -0.293 e. The lowest BCUT2D eigenvalue weighted by Gasteiger charge is -2.29. The van der Waals surface area contributed by atoms with Gasteiger partial charge < -0.3 is 0 Å². The Morgan fingerprint density at radius 1 is 1.35 bits per heavy atom. The van der Waals surface area contributed by atoms with Gasteiger partial charge in [0.2, 0.25) is 0 Å². The molecule has 0 aliphatic heterocycles. The van der Waals surface area contributed by atoms with Crippen molar-refractivity contribution in [3.05, 3.63) is 10.6 Å². The summed E-state index contributed by atoms with van der Waals surface area (Å²) in [5.74, 6) is 1.10. The lowest BCUT2D eigenvalue weighted by atomic mass is 9.75. The predicted octanol–water partition coefficient (Wildman–Crippen LogP) is 3.50. The molecule has 1 saturated carbocycles. The number of hydrogen-bond donors (Lipinski definition) is 0. The van der Waals surface area contributed by atoms with Crippen LogP contribution in [0.1, 0.15) is 61.3 Å². The summed E-state index contributed by atoms with van der Waals surface area (Å²) in [4.78, 5) is 13.4. The van der Waals surface area contributed by atoms with Gasteiger partial charge in [-0.25, -0.2) is 0 Å². The molecular weight excluding hydrogens is 232 g/mol. The molecule has 1 aromatic heterocycles. The first-order valence-corrected chi connectivity index (χ1v) is 7.40. The van der Waals surface area contributed by atoms with E-state index >= 15 is 0 Å². The van der Waals surface area contributed by atoms with Crippen molar-refractivity contribution in [2.75, 3.05) is 0 Å². The van der Waals surface area contributed by atoms with Crippen LogP contribution >= 0.6 is 11.5 Å². The Morgan fingerprint density at radius 3 is 2.82 bits per heavy atom. The zero-order chi connectivity index (χ0) is 12.3. The van der Waals surface area contributed by atoms with Crippen molar-refractivity contribution < 1.29 is 4.79 Å². The monoisotopic (exact) mass is 252 g/mol. The zero-order valence-corrected chi connectivity index (χ0v) is 11.4. The second-order valence-corrected chi connectivity index (χ2v) is 5.58. The molecule has 1 aromatic rings. The second kappa shape index (κ2) is 5.71. The van der Waals surface area contributed by atoms with Crippen molar-refractivity contribution in [2.45, 2.75) is 52.4 Å². The first kappa shape index (κ1) is 12.7. The van der Waals surface area contributed by atoms with Crippen LogP contribution in [0.5, 0.6) is 0 Å². The number of aryl methyl sites for hydroxylation is 1. The summed E-state index contributed by atoms with van der Waals surface area (Å²) < 4.78 is 3.93. The number of hydrogen-bond acceptors (Lipinski definition) is 4. The fourth-order valence-electron chi connectivity index (χ4n) is 2.84. The standard InChI is InChI=1S/C13H20N2OS/c1-3-9-7-5-6-8-10(9)12(16)13-11(4-2)14-15-17-13/h9-10H,3-8H2,1-2H3. The van der Waals surface area contributed by atoms with E-state index in [0.717, 1.165) is 29.8 Å². The summed E-state index contributed by atoms with van der Waals surface area (Å²) in [5.41, 5.74) is 0.889. The maximum atomic E-state index is 12.5. The summed E-state index contributed by atoms with van der Waals surface area (Å²) in [5, 5.41) is 4.05. The summed E-state index contributed by atoms with van der Waals surface area (Å²) in [6, 6.07) is 0. The molecule has 1 heterocycles. The third kappa shape index (κ3) is 2.57. The van der Waals surface area contributed by atoms with E-state index in [1.54, 1.807) is 0 Å². The first-order valence-electron chi connectivity index (χ1n) is 6.63. The van der Waals surface area contributed by atoms with Gasteiger partial charge in [-0.1, -0.05) is 37.6 Å². The van der Waals surface area contributed by atoms with Crippen molar-refractivity contribution in [3.8, 4) is 0 Å². The third-order valence-corrected chi connectivity index (χ3v) is 4.67. The van der Waals surface area contributed by atoms with Gasteiger partial charge in [0.25, 0.3) is 0 Å². The number of aromatic nitrogens is 2. The number of carbonyl (C=O) groups is 1. The fourth-order valence-corrected chi connectivity index (χ4v) is 3.59. The Labute approximate surface area is 107 Å². The van der Waals surface area contributed by atoms with Crippen LogP contribution in [0.15, 0.2) is 0 Å². The molecule has 0 spiro atoms. The highest BCUT2D eigenvalue weighted by molar-refractivity contribution is 7.08. The van der Waals surface area contributed by atoms with E-state index in [4.69, 9.17) is 0 Å². The van der Waals surface area contributed by atoms with E-state index < -0.39 is 0 Å². The number of rotatable bonds is 4. The maximum Gasteiger partial charge on any atom is 0.179 e. The minimum absolute atomic E-state index is 0.223. The molecule has 0 aromatic carbocycles. The molecule has 4 heteroatoms. The predicted molar refractivity (Wildman–Crippen MR) is 69.4 cm³/mol. The summed E-state index contributed by atoms with van der Waals surface area (Å²) >= 11 is 1.28. The quantitative estimate of drug-likeness (QED) is 0.770. The molecule has 2 unspecified atom stereocenters. The summed E-state index contributed by atoms with van der Waals surface area (Å²) in [6.07, 6.45) is 6.66. The van der Waals surface area contributed by atoms with Gasteiger partial charge in [-0.3, -0.25) is 4.79 Å². The van der Waals surface area contributed by atoms with Crippen molar-refractivity contribution in [3.63, 3.8) is 0 Å². The van der Waals surface area contributed by atoms with Gasteiger partial charge in [-0.15, -0.1) is 5.10 Å². The lowest BCUT2D eigenvalue weighted by molar-refractivity contribution is 0.0823. The Morgan fingerprint density at radius 2 is 2.12 bits per heavy atom. The molecule has 1 aliphatic rings. The highest BCUT2D eigenvalue weighted by Crippen LogP contribution is 2.35. The van der Waals surface area contributed by atoms with Crippen LogP contribution in [0, 0.1) is 11.8 Å². The molecule has 2 rings (SSSR count). The van der Waals surface area contributed by atoms with Crippen molar-refractivity contribution in [1.29, 1.82) is 0 Å². The van der Waals surface area contributed by atoms with Gasteiger partial charge in [0, 0.05) is 5.92 Å². The summed E-state index contributed by atoms with van der Waals surface area (Å²) in [6.45, 7) is 4.23. The minimum atomic E-state index is 0.223. The maximum absolute atomic E-state index is 12.5. The van der Waals surface area contributed by atoms with Gasteiger partial charge in [0.05, 0.1) is 5.69 Å². The van der Waals surface area contributed by atoms with Crippen LogP contribution < -0.4 is 0 Å². The number of nitrogens with zero attached hydrogens (tertiary/aromatic N) is 2. The van der Waals surface area contributed by atoms with Crippen LogP contribution in [0.25, 0.3) is 0 Å². The molecule has 94 valence electrons. The molecule has 0 N–H and O–H groups in total. The average Bonchev–Trinajstić information content (AvgIpc) is 2.86. The van der Waals surface area contributed by atoms with E-state index in [0.29, 0.717) is 11.7 Å². The van der Waals surface area contributed by atoms with Crippen molar-refractivity contribution in [1.82, 2.24) is 9.59 Å². The Hall–Kier alpha value is -0.770. The molecule has 0 saturated heterocycles. The Balaban J connectivity index is 2.18. The number of carbonyl (C=O) groups excluding carboxylic acids is 1. The molecular formula is C13H20N2OS. The molecule has 0 amide bonds. The lowest BCUT2D eigenvalue weighted by Crippen LogP contribution is -2.27. The van der Waals surface area contributed by atoms with Crippen LogP contribution in [-0.4, -0.2) is 15.4 Å². The van der Waals surface area contributed by atoms with Crippen molar-refractivity contribution >= 4 is 17.3 Å². The van der Waals surface area contributed by atoms with Gasteiger partial charge in [-0.2, -0.15) is 0 Å². The smallest absolute Gasteiger partial charge is 0.179 e. The fraction of sp³-hybridized carbons (Fsp3) is 0.769. The van der Waals surface area contributed by atoms with Crippen LogP contribution in [0.4, 0.5) is 0 Å². The normalized spacial score (nSPS) is 24.8. The van der Waals surface area contributed by atoms with E-state index in [1.165, 1.54) is 30.8 Å². The zero-order valence-electron chi connectivity index (χ0n) is 10.6. The van der Waals surface area contributed by atoms with Gasteiger partial charge >= 0.3 is 0 Å². The topological polar surface area (TPSA) is 42.9 Å². The van der Waals surface area contributed by atoms with E-state index in [-0.39, 0.29) is 5.92 Å². The van der Waals surface area contributed by atoms with Crippen LogP contribution in [0.3, 0.4) is 0 Å². The summed E-state index contributed by atoms with van der Waals surface area (Å²) in [7, 11) is 0. The first-order chi connectivity index (χ1) is 8.27. The van der Waals surface area contributed by atoms with Gasteiger partial charge in [0.1, 0.15) is 4.88 Å². The molecule has 2 atom stereocenters. The molecule has 17 heavy (non-hydrogen) atoms. The van der Waals surface area contributed by atoms with Crippen molar-refractivity contribution in [2.24, 2.45) is 11.8 Å². The molecule has 0 bridgehead atoms. The van der Waals surface area contributed by atoms with E-state index in [2.05, 4.69) is 16.5 Å². The van der Waals surface area contributed by atoms with Gasteiger partial charge in [-0.05, 0) is 36.7 Å². The number of ketones is 1. The second-order valence-electron chi connectivity index (χ2n) is 4.83. The van der Waals surface area contributed by atoms with Crippen LogP contribution in [-0.2, 0) is 6.42 Å². The van der Waals surface area contributed by atoms with Crippen LogP contribution in [0.2, 0.25) is 0 Å². The highest BCUT2D eigenvalue weighted by atomic mass is 32.1. The molecule has 3 nitrogen and oxygen atoms in total. The molecule has 0 radical (unpaired) electrons. The average molecular weight is 252 g/mol. The largest absolute Gasteiger partial charge is 0.293 e. The SMILES string of the molecule is CCc1nnsc1C(=O)C1CCCCC1CC. The third-order valence-electron chi connectivity index (χ3n) is 3.88. The Bertz CT molecular complexity index is 389. The van der Waals surface area contributed by atoms with Gasteiger partial charge in [0.15, 0.2) is 5.78 Å². The molecule has 1 aliphatic carbocycles. The molecule has 1 fully saturated rings. The highest BCUT2D eigenvalue weighted by Gasteiger charge is 2.32. The van der Waals surface area contributed by atoms with E-state index in [1.807, 2.05) is 6.92 Å². The van der Waals surface area contributed by atoms with E-state index in [9.17, 15) is 4.79 Å². The Kier molecular flexibility index (Phi) is 4.26.